The van der Waals surface area contributed by atoms with Gasteiger partial charge in [-0.25, -0.2) is 4.98 Å². The van der Waals surface area contributed by atoms with Crippen LogP contribution in [-0.2, 0) is 11.2 Å². The lowest BCUT2D eigenvalue weighted by Gasteiger charge is -2.04. The summed E-state index contributed by atoms with van der Waals surface area (Å²) in [6.07, 6.45) is 0.568. The Kier molecular flexibility index (Phi) is 5.83. The van der Waals surface area contributed by atoms with Crippen LogP contribution in [0.25, 0.3) is 16.4 Å². The third-order valence-corrected chi connectivity index (χ3v) is 5.75. The SMILES string of the molecule is Cc1[nH]n(-c2nc(-c3ccc(Cl)cc3)cs2)c(=O)c1CCC(=O)Nc1ccccc1. The molecule has 0 unspecified atom stereocenters. The minimum absolute atomic E-state index is 0.132. The van der Waals surface area contributed by atoms with Gasteiger partial charge in [-0.2, -0.15) is 4.68 Å². The zero-order valence-electron chi connectivity index (χ0n) is 16.2. The third-order valence-electron chi connectivity index (χ3n) is 4.68. The van der Waals surface area contributed by atoms with Gasteiger partial charge in [-0.3, -0.25) is 14.7 Å². The number of para-hydroxylation sites is 1. The van der Waals surface area contributed by atoms with Gasteiger partial charge in [-0.1, -0.05) is 41.9 Å². The molecule has 1 amide bonds. The van der Waals surface area contributed by atoms with E-state index >= 15 is 0 Å². The molecule has 2 aromatic carbocycles. The highest BCUT2D eigenvalue weighted by molar-refractivity contribution is 7.12. The van der Waals surface area contributed by atoms with E-state index in [2.05, 4.69) is 15.4 Å². The van der Waals surface area contributed by atoms with Crippen molar-refractivity contribution in [3.8, 4) is 16.4 Å². The zero-order chi connectivity index (χ0) is 21.1. The summed E-state index contributed by atoms with van der Waals surface area (Å²) in [7, 11) is 0. The highest BCUT2D eigenvalue weighted by atomic mass is 35.5. The number of carbonyl (C=O) groups excluding carboxylic acids is 1. The number of halogens is 1. The topological polar surface area (TPSA) is 79.8 Å². The van der Waals surface area contributed by atoms with Crippen LogP contribution >= 0.6 is 22.9 Å². The summed E-state index contributed by atoms with van der Waals surface area (Å²) in [4.78, 5) is 29.7. The van der Waals surface area contributed by atoms with E-state index in [9.17, 15) is 9.59 Å². The Labute approximate surface area is 182 Å². The fraction of sp³-hybridized carbons (Fsp3) is 0.136. The molecule has 0 aliphatic carbocycles. The van der Waals surface area contributed by atoms with Gasteiger partial charge in [0.05, 0.1) is 5.69 Å². The molecule has 4 rings (SSSR count). The Bertz CT molecular complexity index is 1230. The standard InChI is InChI=1S/C22H19ClN4O2S/c1-14-18(11-12-20(28)24-17-5-3-2-4-6-17)21(29)27(26-14)22-25-19(13-30-22)15-7-9-16(23)10-8-15/h2-10,13,26H,11-12H2,1H3,(H,24,28). The maximum atomic E-state index is 12.9. The fourth-order valence-corrected chi connectivity index (χ4v) is 4.03. The van der Waals surface area contributed by atoms with Gasteiger partial charge in [-0.15, -0.1) is 11.3 Å². The number of anilines is 1. The van der Waals surface area contributed by atoms with Crippen molar-refractivity contribution < 1.29 is 4.79 Å². The van der Waals surface area contributed by atoms with Crippen molar-refractivity contribution in [2.75, 3.05) is 5.32 Å². The maximum absolute atomic E-state index is 12.9. The number of aromatic nitrogens is 3. The van der Waals surface area contributed by atoms with Crippen LogP contribution in [0.15, 0.2) is 64.8 Å². The molecule has 2 heterocycles. The molecule has 0 aliphatic heterocycles. The molecule has 0 aliphatic rings. The molecule has 8 heteroatoms. The molecule has 30 heavy (non-hydrogen) atoms. The molecule has 0 bridgehead atoms. The first-order chi connectivity index (χ1) is 14.5. The van der Waals surface area contributed by atoms with Crippen molar-refractivity contribution in [3.05, 3.63) is 86.6 Å². The zero-order valence-corrected chi connectivity index (χ0v) is 17.8. The number of hydrogen-bond donors (Lipinski definition) is 2. The molecule has 0 saturated carbocycles. The van der Waals surface area contributed by atoms with Gasteiger partial charge in [0, 0.05) is 39.3 Å². The van der Waals surface area contributed by atoms with Crippen LogP contribution in [0.1, 0.15) is 17.7 Å². The van der Waals surface area contributed by atoms with E-state index < -0.39 is 0 Å². The Morgan fingerprint density at radius 2 is 1.90 bits per heavy atom. The van der Waals surface area contributed by atoms with Gasteiger partial charge in [0.15, 0.2) is 0 Å². The largest absolute Gasteiger partial charge is 0.326 e. The second-order valence-electron chi connectivity index (χ2n) is 6.79. The van der Waals surface area contributed by atoms with Crippen LogP contribution in [-0.4, -0.2) is 20.7 Å². The highest BCUT2D eigenvalue weighted by Crippen LogP contribution is 2.25. The molecular formula is C22H19ClN4O2S. The van der Waals surface area contributed by atoms with E-state index in [0.717, 1.165) is 22.6 Å². The molecule has 152 valence electrons. The Hall–Kier alpha value is -3.16. The number of hydrogen-bond acceptors (Lipinski definition) is 4. The van der Waals surface area contributed by atoms with Gasteiger partial charge in [-0.05, 0) is 37.6 Å². The molecule has 6 nitrogen and oxygen atoms in total. The number of amides is 1. The second-order valence-corrected chi connectivity index (χ2v) is 8.07. The van der Waals surface area contributed by atoms with E-state index in [1.165, 1.54) is 16.0 Å². The van der Waals surface area contributed by atoms with Gasteiger partial charge < -0.3 is 5.32 Å². The number of nitrogens with zero attached hydrogens (tertiary/aromatic N) is 2. The normalized spacial score (nSPS) is 10.9. The Morgan fingerprint density at radius 3 is 2.63 bits per heavy atom. The van der Waals surface area contributed by atoms with Crippen molar-refractivity contribution in [2.45, 2.75) is 19.8 Å². The molecule has 0 atom stereocenters. The Balaban J connectivity index is 1.49. The van der Waals surface area contributed by atoms with Crippen LogP contribution in [0.3, 0.4) is 0 Å². The molecule has 2 N–H and O–H groups in total. The fourth-order valence-electron chi connectivity index (χ4n) is 3.11. The number of aryl methyl sites for hydroxylation is 1. The van der Waals surface area contributed by atoms with Crippen molar-refractivity contribution in [3.63, 3.8) is 0 Å². The summed E-state index contributed by atoms with van der Waals surface area (Å²) in [5.41, 5.74) is 3.57. The Morgan fingerprint density at radius 1 is 1.17 bits per heavy atom. The minimum atomic E-state index is -0.183. The summed E-state index contributed by atoms with van der Waals surface area (Å²) in [6, 6.07) is 16.6. The molecule has 4 aromatic rings. The van der Waals surface area contributed by atoms with Gasteiger partial charge >= 0.3 is 0 Å². The first-order valence-corrected chi connectivity index (χ1v) is 10.6. The molecular weight excluding hydrogens is 420 g/mol. The van der Waals surface area contributed by atoms with Crippen LogP contribution in [0.5, 0.6) is 0 Å². The molecule has 0 radical (unpaired) electrons. The summed E-state index contributed by atoms with van der Waals surface area (Å²) in [6.45, 7) is 1.83. The smallest absolute Gasteiger partial charge is 0.276 e. The number of aromatic amines is 1. The average Bonchev–Trinajstić information content (AvgIpc) is 3.33. The molecule has 0 fully saturated rings. The van der Waals surface area contributed by atoms with Crippen molar-refractivity contribution in [2.24, 2.45) is 0 Å². The number of thiazole rings is 1. The third kappa shape index (κ3) is 4.37. The van der Waals surface area contributed by atoms with Crippen LogP contribution < -0.4 is 10.9 Å². The number of nitrogens with one attached hydrogen (secondary N) is 2. The van der Waals surface area contributed by atoms with E-state index in [4.69, 9.17) is 11.6 Å². The monoisotopic (exact) mass is 438 g/mol. The van der Waals surface area contributed by atoms with Crippen molar-refractivity contribution in [1.29, 1.82) is 0 Å². The van der Waals surface area contributed by atoms with Gasteiger partial charge in [0.2, 0.25) is 11.0 Å². The number of rotatable bonds is 6. The van der Waals surface area contributed by atoms with Crippen LogP contribution in [0.2, 0.25) is 5.02 Å². The maximum Gasteiger partial charge on any atom is 0.276 e. The first-order valence-electron chi connectivity index (χ1n) is 9.38. The molecule has 0 saturated heterocycles. The van der Waals surface area contributed by atoms with E-state index in [-0.39, 0.29) is 17.9 Å². The summed E-state index contributed by atoms with van der Waals surface area (Å²) in [5.74, 6) is -0.132. The summed E-state index contributed by atoms with van der Waals surface area (Å²) >= 11 is 7.31. The number of benzene rings is 2. The second kappa shape index (κ2) is 8.69. The first kappa shape index (κ1) is 20.1. The molecule has 2 aromatic heterocycles. The quantitative estimate of drug-likeness (QED) is 0.452. The van der Waals surface area contributed by atoms with E-state index in [1.54, 1.807) is 12.1 Å². The van der Waals surface area contributed by atoms with Crippen molar-refractivity contribution >= 4 is 34.5 Å². The minimum Gasteiger partial charge on any atom is -0.326 e. The number of carbonyl (C=O) groups is 1. The lowest BCUT2D eigenvalue weighted by molar-refractivity contribution is -0.116. The predicted octanol–water partition coefficient (Wildman–Crippen LogP) is 4.82. The molecule has 0 spiro atoms. The van der Waals surface area contributed by atoms with E-state index in [0.29, 0.717) is 22.1 Å². The lowest BCUT2D eigenvalue weighted by atomic mass is 10.1. The van der Waals surface area contributed by atoms with Crippen LogP contribution in [0.4, 0.5) is 5.69 Å². The van der Waals surface area contributed by atoms with Gasteiger partial charge in [0.1, 0.15) is 0 Å². The average molecular weight is 439 g/mol. The summed E-state index contributed by atoms with van der Waals surface area (Å²) in [5, 5.41) is 9.02. The van der Waals surface area contributed by atoms with Gasteiger partial charge in [0.25, 0.3) is 5.56 Å². The summed E-state index contributed by atoms with van der Waals surface area (Å²) < 4.78 is 1.43. The predicted molar refractivity (Wildman–Crippen MR) is 121 cm³/mol. The lowest BCUT2D eigenvalue weighted by Crippen LogP contribution is -2.19. The highest BCUT2D eigenvalue weighted by Gasteiger charge is 2.16. The number of H-pyrrole nitrogens is 1. The van der Waals surface area contributed by atoms with Crippen molar-refractivity contribution in [1.82, 2.24) is 14.8 Å². The van der Waals surface area contributed by atoms with E-state index in [1.807, 2.05) is 54.8 Å². The van der Waals surface area contributed by atoms with Crippen LogP contribution in [0, 0.1) is 6.92 Å².